The van der Waals surface area contributed by atoms with Gasteiger partial charge in [-0.15, -0.1) is 0 Å². The first kappa shape index (κ1) is 23.7. The number of amides is 1. The van der Waals surface area contributed by atoms with Crippen molar-refractivity contribution in [3.05, 3.63) is 65.0 Å². The molecule has 0 unspecified atom stereocenters. The van der Waals surface area contributed by atoms with Crippen LogP contribution in [0.15, 0.2) is 41.8 Å². The van der Waals surface area contributed by atoms with Gasteiger partial charge in [0.1, 0.15) is 17.3 Å². The van der Waals surface area contributed by atoms with Crippen LogP contribution in [0.4, 0.5) is 4.39 Å². The maximum absolute atomic E-state index is 13.3. The van der Waals surface area contributed by atoms with E-state index < -0.39 is 5.41 Å². The maximum Gasteiger partial charge on any atom is 0.269 e. The number of rotatable bonds is 8. The summed E-state index contributed by atoms with van der Waals surface area (Å²) in [7, 11) is 1.83. The molecule has 0 atom stereocenters. The molecular formula is C23H28FN5O2S. The van der Waals surface area contributed by atoms with Crippen molar-refractivity contribution in [2.75, 3.05) is 5.75 Å². The zero-order valence-corrected chi connectivity index (χ0v) is 19.8. The van der Waals surface area contributed by atoms with Crippen LogP contribution in [-0.4, -0.2) is 36.8 Å². The van der Waals surface area contributed by atoms with E-state index in [0.29, 0.717) is 23.9 Å². The van der Waals surface area contributed by atoms with Gasteiger partial charge < -0.3 is 9.88 Å². The maximum atomic E-state index is 13.3. The van der Waals surface area contributed by atoms with Crippen LogP contribution in [0, 0.1) is 18.2 Å². The zero-order chi connectivity index (χ0) is 23.5. The van der Waals surface area contributed by atoms with Crippen LogP contribution in [0.3, 0.4) is 0 Å². The van der Waals surface area contributed by atoms with Crippen molar-refractivity contribution in [1.29, 1.82) is 0 Å². The van der Waals surface area contributed by atoms with Crippen LogP contribution < -0.4 is 5.32 Å². The molecule has 0 aliphatic heterocycles. The highest BCUT2D eigenvalue weighted by Gasteiger charge is 2.23. The summed E-state index contributed by atoms with van der Waals surface area (Å²) in [5.74, 6) is -0.261. The number of halogens is 1. The van der Waals surface area contributed by atoms with E-state index in [-0.39, 0.29) is 23.3 Å². The smallest absolute Gasteiger partial charge is 0.269 e. The minimum Gasteiger partial charge on any atom is -0.347 e. The molecule has 32 heavy (non-hydrogen) atoms. The van der Waals surface area contributed by atoms with Gasteiger partial charge in [-0.3, -0.25) is 14.3 Å². The molecule has 3 rings (SSSR count). The summed E-state index contributed by atoms with van der Waals surface area (Å²) in [6, 6.07) is 6.11. The third-order valence-corrected chi connectivity index (χ3v) is 6.02. The lowest BCUT2D eigenvalue weighted by Crippen LogP contribution is -2.26. The van der Waals surface area contributed by atoms with Gasteiger partial charge in [0.15, 0.2) is 5.16 Å². The number of aromatic nitrogens is 4. The van der Waals surface area contributed by atoms with Crippen LogP contribution in [-0.2, 0) is 24.9 Å². The lowest BCUT2D eigenvalue weighted by atomic mass is 9.92. The number of thioether (sulfide) groups is 1. The summed E-state index contributed by atoms with van der Waals surface area (Å²) in [5, 5.41) is 7.77. The number of hydrogen-bond donors (Lipinski definition) is 1. The van der Waals surface area contributed by atoms with Crippen molar-refractivity contribution >= 4 is 23.5 Å². The van der Waals surface area contributed by atoms with Gasteiger partial charge in [-0.1, -0.05) is 44.7 Å². The first-order chi connectivity index (χ1) is 15.0. The molecule has 7 nitrogen and oxygen atoms in total. The number of Topliss-reactive ketones (excluding diaryl/α,β-unsaturated/α-hetero) is 1. The quantitative estimate of drug-likeness (QED) is 0.521. The van der Waals surface area contributed by atoms with Gasteiger partial charge in [0.25, 0.3) is 5.91 Å². The molecule has 1 amide bonds. The van der Waals surface area contributed by atoms with E-state index in [1.807, 2.05) is 40.9 Å². The number of nitrogens with one attached hydrogen (secondary N) is 1. The van der Waals surface area contributed by atoms with E-state index in [0.717, 1.165) is 16.8 Å². The lowest BCUT2D eigenvalue weighted by molar-refractivity contribution is -0.123. The average Bonchev–Trinajstić information content (AvgIpc) is 3.27. The van der Waals surface area contributed by atoms with Gasteiger partial charge in [0.2, 0.25) is 0 Å². The number of benzene rings is 1. The number of carbonyl (C=O) groups is 2. The monoisotopic (exact) mass is 457 g/mol. The summed E-state index contributed by atoms with van der Waals surface area (Å²) in [6.45, 7) is 8.19. The minimum absolute atomic E-state index is 0.0943. The Morgan fingerprint density at radius 2 is 1.88 bits per heavy atom. The van der Waals surface area contributed by atoms with Crippen molar-refractivity contribution in [2.24, 2.45) is 12.5 Å². The Labute approximate surface area is 191 Å². The number of ketones is 1. The zero-order valence-electron chi connectivity index (χ0n) is 19.0. The molecule has 0 spiro atoms. The summed E-state index contributed by atoms with van der Waals surface area (Å²) < 4.78 is 16.8. The van der Waals surface area contributed by atoms with Crippen LogP contribution >= 0.6 is 11.8 Å². The molecule has 1 N–H and O–H groups in total. The molecule has 0 saturated carbocycles. The second-order valence-corrected chi connectivity index (χ2v) is 9.64. The van der Waals surface area contributed by atoms with E-state index in [1.165, 1.54) is 30.1 Å². The molecule has 0 saturated heterocycles. The van der Waals surface area contributed by atoms with Crippen molar-refractivity contribution in [3.8, 4) is 0 Å². The second kappa shape index (κ2) is 9.68. The number of nitrogens with zero attached hydrogens (tertiary/aromatic N) is 4. The lowest BCUT2D eigenvalue weighted by Gasteiger charge is -2.16. The Kier molecular flexibility index (Phi) is 7.18. The first-order valence-electron chi connectivity index (χ1n) is 10.3. The van der Waals surface area contributed by atoms with Crippen molar-refractivity contribution in [3.63, 3.8) is 0 Å². The topological polar surface area (TPSA) is 81.8 Å². The molecule has 0 radical (unpaired) electrons. The molecule has 9 heteroatoms. The molecule has 1 aromatic carbocycles. The molecule has 0 bridgehead atoms. The van der Waals surface area contributed by atoms with E-state index in [4.69, 9.17) is 0 Å². The molecule has 0 aliphatic carbocycles. The summed E-state index contributed by atoms with van der Waals surface area (Å²) in [4.78, 5) is 29.8. The Bertz CT molecular complexity index is 1110. The highest BCUT2D eigenvalue weighted by atomic mass is 32.2. The average molecular weight is 458 g/mol. The Balaban J connectivity index is 1.82. The first-order valence-corrected chi connectivity index (χ1v) is 11.3. The van der Waals surface area contributed by atoms with Gasteiger partial charge in [-0.25, -0.2) is 9.37 Å². The van der Waals surface area contributed by atoms with Gasteiger partial charge in [0, 0.05) is 30.8 Å². The van der Waals surface area contributed by atoms with Crippen LogP contribution in [0.25, 0.3) is 0 Å². The normalized spacial score (nSPS) is 11.6. The van der Waals surface area contributed by atoms with Crippen molar-refractivity contribution in [1.82, 2.24) is 24.6 Å². The van der Waals surface area contributed by atoms with Crippen molar-refractivity contribution in [2.45, 2.75) is 45.9 Å². The standard InChI is InChI=1S/C23H28FN5O2S/c1-15-17(13-28(5)27-15)10-25-21(31)19-11-26-22(32-14-20(30)23(2,3)4)29(19)12-16-6-8-18(24)9-7-16/h6-9,11,13H,10,12,14H2,1-5H3,(H,25,31). The highest BCUT2D eigenvalue weighted by Crippen LogP contribution is 2.24. The largest absolute Gasteiger partial charge is 0.347 e. The molecule has 2 aromatic heterocycles. The fourth-order valence-corrected chi connectivity index (χ4v) is 4.15. The number of imidazole rings is 1. The molecular weight excluding hydrogens is 429 g/mol. The summed E-state index contributed by atoms with van der Waals surface area (Å²) in [6.07, 6.45) is 3.38. The van der Waals surface area contributed by atoms with Crippen molar-refractivity contribution < 1.29 is 14.0 Å². The molecule has 2 heterocycles. The SMILES string of the molecule is Cc1nn(C)cc1CNC(=O)c1cnc(SCC(=O)C(C)(C)C)n1Cc1ccc(F)cc1. The fraction of sp³-hybridized carbons (Fsp3) is 0.391. The molecule has 170 valence electrons. The van der Waals surface area contributed by atoms with Crippen LogP contribution in [0.5, 0.6) is 0 Å². The van der Waals surface area contributed by atoms with Crippen LogP contribution in [0.2, 0.25) is 0 Å². The van der Waals surface area contributed by atoms with Gasteiger partial charge in [0.05, 0.1) is 24.2 Å². The Morgan fingerprint density at radius 3 is 2.47 bits per heavy atom. The third kappa shape index (κ3) is 5.85. The van der Waals surface area contributed by atoms with Crippen LogP contribution in [0.1, 0.15) is 48.1 Å². The second-order valence-electron chi connectivity index (χ2n) is 8.70. The minimum atomic E-state index is -0.455. The predicted octanol–water partition coefficient (Wildman–Crippen LogP) is 3.75. The highest BCUT2D eigenvalue weighted by molar-refractivity contribution is 7.99. The van der Waals surface area contributed by atoms with Gasteiger partial charge in [-0.2, -0.15) is 5.10 Å². The summed E-state index contributed by atoms with van der Waals surface area (Å²) in [5.41, 5.74) is 2.52. The predicted molar refractivity (Wildman–Crippen MR) is 122 cm³/mol. The third-order valence-electron chi connectivity index (χ3n) is 5.03. The Hall–Kier alpha value is -2.94. The molecule has 3 aromatic rings. The number of aryl methyl sites for hydroxylation is 2. The van der Waals surface area contributed by atoms with E-state index in [9.17, 15) is 14.0 Å². The van der Waals surface area contributed by atoms with Gasteiger partial charge >= 0.3 is 0 Å². The van der Waals surface area contributed by atoms with E-state index in [1.54, 1.807) is 21.4 Å². The number of carbonyl (C=O) groups excluding carboxylic acids is 2. The molecule has 0 aliphatic rings. The molecule has 0 fully saturated rings. The van der Waals surface area contributed by atoms with Gasteiger partial charge in [-0.05, 0) is 24.6 Å². The number of hydrogen-bond acceptors (Lipinski definition) is 5. The Morgan fingerprint density at radius 1 is 1.19 bits per heavy atom. The van der Waals surface area contributed by atoms with E-state index in [2.05, 4.69) is 15.4 Å². The van der Waals surface area contributed by atoms with E-state index >= 15 is 0 Å². The fourth-order valence-electron chi connectivity index (χ4n) is 3.02. The summed E-state index contributed by atoms with van der Waals surface area (Å²) >= 11 is 1.30.